The Labute approximate surface area is 138 Å². The molecule has 0 radical (unpaired) electrons. The molecule has 1 aromatic rings. The van der Waals surface area contributed by atoms with E-state index in [1.807, 2.05) is 24.3 Å². The van der Waals surface area contributed by atoms with Gasteiger partial charge >= 0.3 is 0 Å². The second kappa shape index (κ2) is 7.84. The summed E-state index contributed by atoms with van der Waals surface area (Å²) in [5, 5.41) is 2.96. The van der Waals surface area contributed by atoms with Crippen molar-refractivity contribution in [2.45, 2.75) is 57.1 Å². The number of nitrogens with one attached hydrogen (secondary N) is 1. The fourth-order valence-electron chi connectivity index (χ4n) is 3.36. The van der Waals surface area contributed by atoms with E-state index < -0.39 is 0 Å². The summed E-state index contributed by atoms with van der Waals surface area (Å²) in [6.07, 6.45) is 8.09. The van der Waals surface area contributed by atoms with Crippen LogP contribution in [0.4, 0.5) is 5.69 Å². The van der Waals surface area contributed by atoms with Gasteiger partial charge in [0.1, 0.15) is 5.75 Å². The summed E-state index contributed by atoms with van der Waals surface area (Å²) in [4.78, 5) is 12.2. The molecule has 3 N–H and O–H groups in total. The maximum atomic E-state index is 12.2. The van der Waals surface area contributed by atoms with Crippen molar-refractivity contribution < 1.29 is 9.53 Å². The highest BCUT2D eigenvalue weighted by molar-refractivity contribution is 5.93. The molecule has 2 aliphatic carbocycles. The van der Waals surface area contributed by atoms with Gasteiger partial charge in [-0.25, -0.2) is 0 Å². The van der Waals surface area contributed by atoms with Gasteiger partial charge in [0.2, 0.25) is 5.91 Å². The van der Waals surface area contributed by atoms with Crippen molar-refractivity contribution in [1.82, 2.24) is 0 Å². The highest BCUT2D eigenvalue weighted by Crippen LogP contribution is 2.27. The van der Waals surface area contributed by atoms with E-state index in [9.17, 15) is 4.79 Å². The third-order valence-electron chi connectivity index (χ3n) is 4.63. The molecule has 2 aliphatic rings. The Kier molecular flexibility index (Phi) is 6.09. The molecule has 0 bridgehead atoms. The maximum Gasteiger partial charge on any atom is 0.229 e. The smallest absolute Gasteiger partial charge is 0.229 e. The Morgan fingerprint density at radius 1 is 1.05 bits per heavy atom. The monoisotopic (exact) mass is 324 g/mol. The van der Waals surface area contributed by atoms with Crippen molar-refractivity contribution >= 4 is 24.0 Å². The highest BCUT2D eigenvalue weighted by Gasteiger charge is 2.30. The summed E-state index contributed by atoms with van der Waals surface area (Å²) in [5.41, 5.74) is 6.79. The summed E-state index contributed by atoms with van der Waals surface area (Å²) < 4.78 is 5.92. The SMILES string of the molecule is Cl.NC1CCCC1C(=O)Nc1ccc(OC2CCCC2)cc1. The Balaban J connectivity index is 0.00000176. The van der Waals surface area contributed by atoms with Crippen LogP contribution >= 0.6 is 12.4 Å². The average Bonchev–Trinajstić information content (AvgIpc) is 3.12. The standard InChI is InChI=1S/C17H24N2O2.ClH/c18-16-7-3-6-15(16)17(20)19-12-8-10-14(11-9-12)21-13-4-1-2-5-13;/h8-11,13,15-16H,1-7,18H2,(H,19,20);1H. The van der Waals surface area contributed by atoms with E-state index in [-0.39, 0.29) is 30.3 Å². The fraction of sp³-hybridized carbons (Fsp3) is 0.588. The number of amides is 1. The van der Waals surface area contributed by atoms with Crippen LogP contribution < -0.4 is 15.8 Å². The molecule has 1 amide bonds. The molecule has 1 aromatic carbocycles. The molecule has 122 valence electrons. The molecule has 0 spiro atoms. The lowest BCUT2D eigenvalue weighted by Gasteiger charge is -2.16. The van der Waals surface area contributed by atoms with Crippen LogP contribution in [0, 0.1) is 5.92 Å². The molecule has 2 atom stereocenters. The number of benzene rings is 1. The van der Waals surface area contributed by atoms with Gasteiger partial charge in [-0.05, 0) is 62.8 Å². The fourth-order valence-corrected chi connectivity index (χ4v) is 3.36. The number of hydrogen-bond acceptors (Lipinski definition) is 3. The van der Waals surface area contributed by atoms with Gasteiger partial charge in [-0.15, -0.1) is 12.4 Å². The van der Waals surface area contributed by atoms with Crippen molar-refractivity contribution in [2.75, 3.05) is 5.32 Å². The summed E-state index contributed by atoms with van der Waals surface area (Å²) in [5.74, 6) is 0.890. The van der Waals surface area contributed by atoms with Gasteiger partial charge in [0.05, 0.1) is 12.0 Å². The molecular weight excluding hydrogens is 300 g/mol. The summed E-state index contributed by atoms with van der Waals surface area (Å²) in [6, 6.07) is 7.69. The molecule has 0 saturated heterocycles. The minimum Gasteiger partial charge on any atom is -0.490 e. The third kappa shape index (κ3) is 4.14. The lowest BCUT2D eigenvalue weighted by molar-refractivity contribution is -0.120. The van der Waals surface area contributed by atoms with E-state index in [0.717, 1.165) is 43.5 Å². The van der Waals surface area contributed by atoms with E-state index in [0.29, 0.717) is 6.10 Å². The molecule has 2 fully saturated rings. The molecule has 5 heteroatoms. The predicted octanol–water partition coefficient (Wildman–Crippen LogP) is 3.50. The zero-order valence-electron chi connectivity index (χ0n) is 12.8. The largest absolute Gasteiger partial charge is 0.490 e. The van der Waals surface area contributed by atoms with Crippen molar-refractivity contribution in [3.05, 3.63) is 24.3 Å². The lowest BCUT2D eigenvalue weighted by Crippen LogP contribution is -2.34. The van der Waals surface area contributed by atoms with Gasteiger partial charge in [0.15, 0.2) is 0 Å². The first-order chi connectivity index (χ1) is 10.2. The number of hydrogen-bond donors (Lipinski definition) is 2. The van der Waals surface area contributed by atoms with E-state index in [4.69, 9.17) is 10.5 Å². The molecule has 2 unspecified atom stereocenters. The minimum atomic E-state index is -0.0422. The van der Waals surface area contributed by atoms with E-state index in [1.54, 1.807) is 0 Å². The van der Waals surface area contributed by atoms with Crippen molar-refractivity contribution in [1.29, 1.82) is 0 Å². The van der Waals surface area contributed by atoms with Crippen LogP contribution in [0.2, 0.25) is 0 Å². The minimum absolute atomic E-state index is 0. The number of carbonyl (C=O) groups is 1. The quantitative estimate of drug-likeness (QED) is 0.891. The molecule has 0 aliphatic heterocycles. The third-order valence-corrected chi connectivity index (χ3v) is 4.63. The molecule has 4 nitrogen and oxygen atoms in total. The Morgan fingerprint density at radius 2 is 1.73 bits per heavy atom. The number of nitrogens with two attached hydrogens (primary N) is 1. The molecule has 2 saturated carbocycles. The first kappa shape index (κ1) is 17.1. The number of halogens is 1. The molecular formula is C17H25ClN2O2. The van der Waals surface area contributed by atoms with E-state index in [1.165, 1.54) is 12.8 Å². The van der Waals surface area contributed by atoms with E-state index in [2.05, 4.69) is 5.32 Å². The van der Waals surface area contributed by atoms with Crippen molar-refractivity contribution in [2.24, 2.45) is 11.7 Å². The highest BCUT2D eigenvalue weighted by atomic mass is 35.5. The van der Waals surface area contributed by atoms with Gasteiger partial charge in [-0.1, -0.05) is 6.42 Å². The van der Waals surface area contributed by atoms with Gasteiger partial charge < -0.3 is 15.8 Å². The van der Waals surface area contributed by atoms with Crippen LogP contribution in [0.1, 0.15) is 44.9 Å². The average molecular weight is 325 g/mol. The van der Waals surface area contributed by atoms with Gasteiger partial charge in [0, 0.05) is 11.7 Å². The zero-order valence-corrected chi connectivity index (χ0v) is 13.6. The van der Waals surface area contributed by atoms with Crippen LogP contribution in [0.5, 0.6) is 5.75 Å². The topological polar surface area (TPSA) is 64.4 Å². The molecule has 22 heavy (non-hydrogen) atoms. The van der Waals surface area contributed by atoms with E-state index >= 15 is 0 Å². The maximum absolute atomic E-state index is 12.2. The molecule has 0 aromatic heterocycles. The Bertz CT molecular complexity index is 486. The first-order valence-corrected chi connectivity index (χ1v) is 8.05. The van der Waals surface area contributed by atoms with Gasteiger partial charge in [-0.3, -0.25) is 4.79 Å². The van der Waals surface area contributed by atoms with Gasteiger partial charge in [0.25, 0.3) is 0 Å². The van der Waals surface area contributed by atoms with Crippen LogP contribution in [0.3, 0.4) is 0 Å². The summed E-state index contributed by atoms with van der Waals surface area (Å²) in [6.45, 7) is 0. The zero-order chi connectivity index (χ0) is 14.7. The number of rotatable bonds is 4. The first-order valence-electron chi connectivity index (χ1n) is 8.05. The lowest BCUT2D eigenvalue weighted by atomic mass is 10.0. The van der Waals surface area contributed by atoms with Crippen LogP contribution in [-0.2, 0) is 4.79 Å². The summed E-state index contributed by atoms with van der Waals surface area (Å²) in [7, 11) is 0. The van der Waals surface area contributed by atoms with Crippen molar-refractivity contribution in [3.8, 4) is 5.75 Å². The molecule has 3 rings (SSSR count). The normalized spacial score (nSPS) is 24.8. The van der Waals surface area contributed by atoms with Crippen LogP contribution in [0.15, 0.2) is 24.3 Å². The number of anilines is 1. The second-order valence-electron chi connectivity index (χ2n) is 6.24. The summed E-state index contributed by atoms with van der Waals surface area (Å²) >= 11 is 0. The van der Waals surface area contributed by atoms with Crippen molar-refractivity contribution in [3.63, 3.8) is 0 Å². The Morgan fingerprint density at radius 3 is 2.32 bits per heavy atom. The number of carbonyl (C=O) groups excluding carboxylic acids is 1. The molecule has 0 heterocycles. The Hall–Kier alpha value is -1.26. The van der Waals surface area contributed by atoms with Crippen LogP contribution in [-0.4, -0.2) is 18.1 Å². The van der Waals surface area contributed by atoms with Gasteiger partial charge in [-0.2, -0.15) is 0 Å². The predicted molar refractivity (Wildman–Crippen MR) is 90.5 cm³/mol. The van der Waals surface area contributed by atoms with Crippen LogP contribution in [0.25, 0.3) is 0 Å². The number of ether oxygens (including phenoxy) is 1. The second-order valence-corrected chi connectivity index (χ2v) is 6.24.